The van der Waals surface area contributed by atoms with Crippen molar-refractivity contribution in [1.29, 1.82) is 0 Å². The van der Waals surface area contributed by atoms with E-state index in [0.717, 1.165) is 15.3 Å². The summed E-state index contributed by atoms with van der Waals surface area (Å²) in [5.41, 5.74) is 1.29. The Morgan fingerprint density at radius 3 is 2.80 bits per heavy atom. The van der Waals surface area contributed by atoms with E-state index < -0.39 is 6.04 Å². The van der Waals surface area contributed by atoms with E-state index in [2.05, 4.69) is 15.6 Å². The van der Waals surface area contributed by atoms with Crippen molar-refractivity contribution in [2.24, 2.45) is 0 Å². The minimum atomic E-state index is -0.688. The van der Waals surface area contributed by atoms with Crippen LogP contribution in [0.5, 0.6) is 0 Å². The molecule has 1 aromatic carbocycles. The zero-order valence-electron chi connectivity index (χ0n) is 13.6. The normalized spacial score (nSPS) is 12.1. The molecule has 3 N–H and O–H groups in total. The van der Waals surface area contributed by atoms with Gasteiger partial charge in [-0.1, -0.05) is 11.3 Å². The monoisotopic (exact) mass is 358 g/mol. The zero-order valence-corrected chi connectivity index (χ0v) is 14.4. The predicted octanol–water partition coefficient (Wildman–Crippen LogP) is 1.31. The molecule has 0 saturated carbocycles. The van der Waals surface area contributed by atoms with E-state index in [-0.39, 0.29) is 25.0 Å². The van der Waals surface area contributed by atoms with Crippen LogP contribution in [-0.2, 0) is 4.79 Å². The average Bonchev–Trinajstić information content (AvgIpc) is 3.27. The molecule has 3 rings (SSSR count). The van der Waals surface area contributed by atoms with Crippen molar-refractivity contribution < 1.29 is 14.7 Å². The maximum atomic E-state index is 12.4. The Bertz CT molecular complexity index is 889. The highest BCUT2D eigenvalue weighted by molar-refractivity contribution is 7.20. The summed E-state index contributed by atoms with van der Waals surface area (Å²) in [6.45, 7) is 1.62. The number of aliphatic hydroxyl groups is 1. The molecule has 130 valence electrons. The summed E-state index contributed by atoms with van der Waals surface area (Å²) < 4.78 is 2.81. The van der Waals surface area contributed by atoms with E-state index in [0.29, 0.717) is 5.56 Å². The second-order valence-electron chi connectivity index (χ2n) is 5.48. The van der Waals surface area contributed by atoms with Gasteiger partial charge >= 0.3 is 0 Å². The van der Waals surface area contributed by atoms with Crippen molar-refractivity contribution in [2.45, 2.75) is 13.0 Å². The van der Waals surface area contributed by atoms with E-state index in [4.69, 9.17) is 5.11 Å². The molecule has 2 heterocycles. The lowest BCUT2D eigenvalue weighted by molar-refractivity contribution is -0.122. The van der Waals surface area contributed by atoms with Crippen LogP contribution in [0.4, 0.5) is 0 Å². The highest BCUT2D eigenvalue weighted by Crippen LogP contribution is 2.26. The average molecular weight is 358 g/mol. The fourth-order valence-electron chi connectivity index (χ4n) is 2.30. The van der Waals surface area contributed by atoms with Crippen molar-refractivity contribution in [2.75, 3.05) is 13.2 Å². The summed E-state index contributed by atoms with van der Waals surface area (Å²) in [5, 5.41) is 14.7. The third-order valence-electron chi connectivity index (χ3n) is 3.62. The number of fused-ring (bicyclic) bond motifs is 1. The molecule has 0 bridgehead atoms. The summed E-state index contributed by atoms with van der Waals surface area (Å²) in [7, 11) is 0. The molecule has 0 aliphatic rings. The van der Waals surface area contributed by atoms with Crippen LogP contribution in [0, 0.1) is 0 Å². The number of thiazole rings is 1. The van der Waals surface area contributed by atoms with Crippen molar-refractivity contribution in [3.8, 4) is 5.13 Å². The van der Waals surface area contributed by atoms with Crippen LogP contribution in [-0.4, -0.2) is 45.7 Å². The van der Waals surface area contributed by atoms with Gasteiger partial charge in [-0.3, -0.25) is 9.59 Å². The molecule has 8 heteroatoms. The lowest BCUT2D eigenvalue weighted by Crippen LogP contribution is -2.45. The number of carbonyl (C=O) groups excluding carboxylic acids is 2. The number of amides is 2. The molecule has 25 heavy (non-hydrogen) atoms. The summed E-state index contributed by atoms with van der Waals surface area (Å²) in [4.78, 5) is 28.7. The molecule has 3 aromatic rings. The Balaban J connectivity index is 1.74. The number of carbonyl (C=O) groups is 2. The van der Waals surface area contributed by atoms with Crippen LogP contribution in [0.2, 0.25) is 0 Å². The molecule has 2 aromatic heterocycles. The summed E-state index contributed by atoms with van der Waals surface area (Å²) in [6, 6.07) is 8.42. The van der Waals surface area contributed by atoms with Gasteiger partial charge in [0, 0.05) is 24.5 Å². The van der Waals surface area contributed by atoms with Crippen LogP contribution in [0.15, 0.2) is 42.7 Å². The van der Waals surface area contributed by atoms with Gasteiger partial charge in [-0.15, -0.1) is 0 Å². The van der Waals surface area contributed by atoms with Crippen LogP contribution in [0.25, 0.3) is 15.3 Å². The number of hydrogen-bond acceptors (Lipinski definition) is 5. The van der Waals surface area contributed by atoms with Crippen LogP contribution in [0.1, 0.15) is 17.3 Å². The quantitative estimate of drug-likeness (QED) is 0.619. The van der Waals surface area contributed by atoms with Gasteiger partial charge in [0.15, 0.2) is 5.13 Å². The maximum Gasteiger partial charge on any atom is 0.251 e. The first-order chi connectivity index (χ1) is 12.1. The molecule has 1 atom stereocenters. The SMILES string of the molecule is CC(NC(=O)c1ccc2nc(-n3cccc3)sc2c1)C(=O)NCCO. The van der Waals surface area contributed by atoms with E-state index in [1.54, 1.807) is 25.1 Å². The molecule has 7 nitrogen and oxygen atoms in total. The zero-order chi connectivity index (χ0) is 17.8. The Morgan fingerprint density at radius 1 is 1.32 bits per heavy atom. The molecule has 0 aliphatic heterocycles. The molecule has 0 fully saturated rings. The van der Waals surface area contributed by atoms with E-state index in [1.165, 1.54) is 11.3 Å². The third kappa shape index (κ3) is 3.86. The molecule has 0 radical (unpaired) electrons. The number of nitrogens with zero attached hydrogens (tertiary/aromatic N) is 2. The minimum absolute atomic E-state index is 0.141. The molecular formula is C17H18N4O3S. The van der Waals surface area contributed by atoms with Gasteiger partial charge in [0.25, 0.3) is 5.91 Å². The van der Waals surface area contributed by atoms with Crippen LogP contribution in [0.3, 0.4) is 0 Å². The number of rotatable bonds is 6. The highest BCUT2D eigenvalue weighted by Gasteiger charge is 2.17. The van der Waals surface area contributed by atoms with Gasteiger partial charge < -0.3 is 20.3 Å². The van der Waals surface area contributed by atoms with Crippen LogP contribution >= 0.6 is 11.3 Å². The van der Waals surface area contributed by atoms with Gasteiger partial charge in [-0.05, 0) is 37.3 Å². The second-order valence-corrected chi connectivity index (χ2v) is 6.49. The summed E-state index contributed by atoms with van der Waals surface area (Å²) in [6.07, 6.45) is 3.83. The van der Waals surface area contributed by atoms with E-state index in [1.807, 2.05) is 29.1 Å². The Labute approximate surface area is 148 Å². The van der Waals surface area contributed by atoms with Crippen LogP contribution < -0.4 is 10.6 Å². The number of benzene rings is 1. The van der Waals surface area contributed by atoms with E-state index in [9.17, 15) is 9.59 Å². The summed E-state index contributed by atoms with van der Waals surface area (Å²) in [5.74, 6) is -0.666. The standard InChI is InChI=1S/C17H18N4O3S/c1-11(15(23)18-6-9-22)19-16(24)12-4-5-13-14(10-12)25-17(20-13)21-7-2-3-8-21/h2-5,7-8,10-11,22H,6,9H2,1H3,(H,18,23)(H,19,24). The Kier molecular flexibility index (Phi) is 5.11. The van der Waals surface area contributed by atoms with Crippen molar-refractivity contribution in [3.05, 3.63) is 48.3 Å². The predicted molar refractivity (Wildman–Crippen MR) is 96.0 cm³/mol. The van der Waals surface area contributed by atoms with Crippen molar-refractivity contribution >= 4 is 33.4 Å². The molecule has 2 amide bonds. The smallest absolute Gasteiger partial charge is 0.251 e. The first kappa shape index (κ1) is 17.1. The largest absolute Gasteiger partial charge is 0.395 e. The number of hydrogen-bond donors (Lipinski definition) is 3. The minimum Gasteiger partial charge on any atom is -0.395 e. The lowest BCUT2D eigenvalue weighted by atomic mass is 10.2. The van der Waals surface area contributed by atoms with Gasteiger partial charge in [0.05, 0.1) is 16.8 Å². The topological polar surface area (TPSA) is 96.2 Å². The Hall–Kier alpha value is -2.71. The molecule has 0 aliphatic carbocycles. The number of aromatic nitrogens is 2. The van der Waals surface area contributed by atoms with E-state index >= 15 is 0 Å². The third-order valence-corrected chi connectivity index (χ3v) is 4.65. The highest BCUT2D eigenvalue weighted by atomic mass is 32.1. The van der Waals surface area contributed by atoms with Gasteiger partial charge in [0.1, 0.15) is 6.04 Å². The molecule has 0 spiro atoms. The van der Waals surface area contributed by atoms with Gasteiger partial charge in [-0.25, -0.2) is 4.98 Å². The first-order valence-corrected chi connectivity index (χ1v) is 8.63. The fourth-order valence-corrected chi connectivity index (χ4v) is 3.28. The second kappa shape index (κ2) is 7.45. The first-order valence-electron chi connectivity index (χ1n) is 7.82. The van der Waals surface area contributed by atoms with Crippen molar-refractivity contribution in [3.63, 3.8) is 0 Å². The maximum absolute atomic E-state index is 12.4. The number of aliphatic hydroxyl groups excluding tert-OH is 1. The molecular weight excluding hydrogens is 340 g/mol. The lowest BCUT2D eigenvalue weighted by Gasteiger charge is -2.13. The summed E-state index contributed by atoms with van der Waals surface area (Å²) >= 11 is 1.49. The number of nitrogens with one attached hydrogen (secondary N) is 2. The van der Waals surface area contributed by atoms with Gasteiger partial charge in [0.2, 0.25) is 5.91 Å². The van der Waals surface area contributed by atoms with Gasteiger partial charge in [-0.2, -0.15) is 0 Å². The molecule has 0 saturated heterocycles. The Morgan fingerprint density at radius 2 is 2.08 bits per heavy atom. The molecule has 1 unspecified atom stereocenters. The fraction of sp³-hybridized carbons (Fsp3) is 0.235. The van der Waals surface area contributed by atoms with Crippen molar-refractivity contribution in [1.82, 2.24) is 20.2 Å².